The minimum atomic E-state index is -1.04. The molecule has 0 fully saturated rings. The summed E-state index contributed by atoms with van der Waals surface area (Å²) in [5.74, 6) is -0.0979. The van der Waals surface area contributed by atoms with Crippen LogP contribution in [0.3, 0.4) is 0 Å². The Balaban J connectivity index is 1.80. The van der Waals surface area contributed by atoms with Crippen LogP contribution in [0.1, 0.15) is 67.3 Å². The Labute approximate surface area is 179 Å². The summed E-state index contributed by atoms with van der Waals surface area (Å²) in [6.45, 7) is 12.3. The smallest absolute Gasteiger partial charge is 0.266 e. The quantitative estimate of drug-likeness (QED) is 0.457. The van der Waals surface area contributed by atoms with Crippen molar-refractivity contribution < 1.29 is 19.1 Å². The molecule has 1 aliphatic heterocycles. The number of ether oxygens (including phenoxy) is 2. The summed E-state index contributed by atoms with van der Waals surface area (Å²) in [5, 5.41) is 0. The van der Waals surface area contributed by atoms with Gasteiger partial charge in [-0.1, -0.05) is 70.2 Å². The monoisotopic (exact) mass is 409 g/mol. The molecule has 2 aromatic rings. The van der Waals surface area contributed by atoms with E-state index in [-0.39, 0.29) is 23.2 Å². The van der Waals surface area contributed by atoms with Crippen molar-refractivity contribution in [2.75, 3.05) is 13.1 Å². The van der Waals surface area contributed by atoms with Crippen LogP contribution in [0.25, 0.3) is 0 Å². The van der Waals surface area contributed by atoms with Crippen LogP contribution in [0.2, 0.25) is 0 Å². The second-order valence-corrected chi connectivity index (χ2v) is 8.95. The Kier molecular flexibility index (Phi) is 6.74. The highest BCUT2D eigenvalue weighted by Gasteiger charge is 2.38. The summed E-state index contributed by atoms with van der Waals surface area (Å²) < 4.78 is 11.9. The molecule has 0 N–H and O–H groups in total. The van der Waals surface area contributed by atoms with Crippen LogP contribution in [0.15, 0.2) is 48.5 Å². The second-order valence-electron chi connectivity index (χ2n) is 8.95. The van der Waals surface area contributed by atoms with Gasteiger partial charge in [0.1, 0.15) is 12.0 Å². The fourth-order valence-electron chi connectivity index (χ4n) is 3.74. The summed E-state index contributed by atoms with van der Waals surface area (Å²) in [4.78, 5) is 28.3. The molecule has 0 saturated heterocycles. The zero-order chi connectivity index (χ0) is 21.9. The zero-order valence-electron chi connectivity index (χ0n) is 18.5. The first-order chi connectivity index (χ1) is 14.2. The molecule has 0 bridgehead atoms. The van der Waals surface area contributed by atoms with Crippen LogP contribution < -0.4 is 4.74 Å². The number of fused-ring (bicyclic) bond motifs is 1. The number of hydrogen-bond acceptors (Lipinski definition) is 5. The number of ketones is 2. The van der Waals surface area contributed by atoms with Crippen molar-refractivity contribution in [2.24, 2.45) is 5.41 Å². The van der Waals surface area contributed by atoms with Gasteiger partial charge in [0, 0.05) is 24.2 Å². The first-order valence-corrected chi connectivity index (χ1v) is 10.5. The van der Waals surface area contributed by atoms with E-state index >= 15 is 0 Å². The maximum atomic E-state index is 13.1. The number of nitrogens with zero attached hydrogens (tertiary/aromatic N) is 1. The Hall–Kier alpha value is -2.50. The normalized spacial score (nSPS) is 17.0. The van der Waals surface area contributed by atoms with Crippen LogP contribution in [0.5, 0.6) is 5.75 Å². The van der Waals surface area contributed by atoms with Gasteiger partial charge >= 0.3 is 0 Å². The van der Waals surface area contributed by atoms with Crippen molar-refractivity contribution in [3.63, 3.8) is 0 Å². The molecule has 0 saturated carbocycles. The molecule has 0 radical (unpaired) electrons. The van der Waals surface area contributed by atoms with Crippen LogP contribution in [0.4, 0.5) is 0 Å². The van der Waals surface area contributed by atoms with Crippen molar-refractivity contribution in [3.05, 3.63) is 65.2 Å². The Bertz CT molecular complexity index is 901. The summed E-state index contributed by atoms with van der Waals surface area (Å²) in [6.07, 6.45) is -0.348. The van der Waals surface area contributed by atoms with Gasteiger partial charge in [-0.2, -0.15) is 0 Å². The predicted octanol–water partition coefficient (Wildman–Crippen LogP) is 4.94. The third-order valence-electron chi connectivity index (χ3n) is 5.02. The Morgan fingerprint density at radius 3 is 2.47 bits per heavy atom. The Morgan fingerprint density at radius 1 is 1.13 bits per heavy atom. The highest BCUT2D eigenvalue weighted by Crippen LogP contribution is 2.34. The molecular weight excluding hydrogens is 378 g/mol. The Morgan fingerprint density at radius 2 is 1.83 bits per heavy atom. The number of benzene rings is 2. The van der Waals surface area contributed by atoms with E-state index in [0.717, 1.165) is 19.5 Å². The van der Waals surface area contributed by atoms with Gasteiger partial charge in [0.25, 0.3) is 6.29 Å². The second kappa shape index (κ2) is 9.11. The van der Waals surface area contributed by atoms with E-state index in [1.165, 1.54) is 0 Å². The molecule has 5 nitrogen and oxygen atoms in total. The lowest BCUT2D eigenvalue weighted by atomic mass is 9.96. The van der Waals surface area contributed by atoms with Gasteiger partial charge < -0.3 is 9.47 Å². The third-order valence-corrected chi connectivity index (χ3v) is 5.02. The van der Waals surface area contributed by atoms with Gasteiger partial charge in [0.15, 0.2) is 5.78 Å². The molecular formula is C25H31NO4. The summed E-state index contributed by atoms with van der Waals surface area (Å²) in [6, 6.07) is 14.1. The largest absolute Gasteiger partial charge is 0.456 e. The number of carbonyl (C=O) groups is 2. The lowest BCUT2D eigenvalue weighted by Crippen LogP contribution is -2.44. The number of hydrogen-bond donors (Lipinski definition) is 0. The van der Waals surface area contributed by atoms with E-state index in [1.807, 2.05) is 13.0 Å². The van der Waals surface area contributed by atoms with Gasteiger partial charge in [0.2, 0.25) is 5.78 Å². The number of rotatable bonds is 8. The molecule has 1 heterocycles. The lowest BCUT2D eigenvalue weighted by molar-refractivity contribution is -0.140. The molecule has 0 spiro atoms. The zero-order valence-corrected chi connectivity index (χ0v) is 18.5. The molecule has 2 aromatic carbocycles. The molecule has 160 valence electrons. The van der Waals surface area contributed by atoms with E-state index in [2.05, 4.69) is 32.6 Å². The van der Waals surface area contributed by atoms with Crippen LogP contribution >= 0.6 is 0 Å². The van der Waals surface area contributed by atoms with Crippen molar-refractivity contribution >= 4 is 11.6 Å². The number of carbonyl (C=O) groups excluding carboxylic acids is 2. The van der Waals surface area contributed by atoms with Crippen molar-refractivity contribution in [3.8, 4) is 5.75 Å². The first kappa shape index (κ1) is 22.2. The highest BCUT2D eigenvalue weighted by atomic mass is 16.7. The van der Waals surface area contributed by atoms with E-state index in [4.69, 9.17) is 9.47 Å². The average molecular weight is 410 g/mol. The highest BCUT2D eigenvalue weighted by molar-refractivity contribution is 6.18. The fourth-order valence-corrected chi connectivity index (χ4v) is 3.74. The summed E-state index contributed by atoms with van der Waals surface area (Å²) >= 11 is 0. The summed E-state index contributed by atoms with van der Waals surface area (Å²) in [7, 11) is 0. The molecule has 0 aromatic heterocycles. The van der Waals surface area contributed by atoms with Gasteiger partial charge in [-0.05, 0) is 24.8 Å². The lowest BCUT2D eigenvalue weighted by Gasteiger charge is -2.34. The van der Waals surface area contributed by atoms with E-state index in [0.29, 0.717) is 22.4 Å². The molecule has 2 atom stereocenters. The molecule has 30 heavy (non-hydrogen) atoms. The maximum Gasteiger partial charge on any atom is 0.266 e. The fraction of sp³-hybridized carbons (Fsp3) is 0.440. The molecule has 0 aliphatic carbocycles. The van der Waals surface area contributed by atoms with Crippen molar-refractivity contribution in [1.29, 1.82) is 0 Å². The molecule has 3 rings (SSSR count). The van der Waals surface area contributed by atoms with Gasteiger partial charge in [0.05, 0.1) is 5.56 Å². The molecule has 5 heteroatoms. The van der Waals surface area contributed by atoms with Gasteiger partial charge in [-0.3, -0.25) is 14.5 Å². The standard InChI is InChI=1S/C25H31NO4/c1-6-15-26(16-25(3,4)5)17(2)29-24-23(28)21-19(13-10-14-20(21)30-24)22(27)18-11-8-7-9-12-18/h7-14,17,24H,6,15-16H2,1-5H3. The summed E-state index contributed by atoms with van der Waals surface area (Å²) in [5.41, 5.74) is 1.30. The average Bonchev–Trinajstić information content (AvgIpc) is 3.02. The minimum Gasteiger partial charge on any atom is -0.456 e. The maximum absolute atomic E-state index is 13.1. The van der Waals surface area contributed by atoms with Crippen LogP contribution in [0, 0.1) is 5.41 Å². The van der Waals surface area contributed by atoms with E-state index in [9.17, 15) is 9.59 Å². The van der Waals surface area contributed by atoms with Gasteiger partial charge in [-0.25, -0.2) is 0 Å². The van der Waals surface area contributed by atoms with Gasteiger partial charge in [-0.15, -0.1) is 0 Å². The van der Waals surface area contributed by atoms with E-state index < -0.39 is 6.29 Å². The van der Waals surface area contributed by atoms with Crippen molar-refractivity contribution in [1.82, 2.24) is 4.90 Å². The SMILES string of the molecule is CCCN(CC(C)(C)C)C(C)OC1Oc2cccc(C(=O)c3ccccc3)c2C1=O. The van der Waals surface area contributed by atoms with Crippen LogP contribution in [-0.4, -0.2) is 42.1 Å². The van der Waals surface area contributed by atoms with E-state index in [1.54, 1.807) is 42.5 Å². The topological polar surface area (TPSA) is 55.8 Å². The van der Waals surface area contributed by atoms with Crippen molar-refractivity contribution in [2.45, 2.75) is 53.6 Å². The third kappa shape index (κ3) is 4.97. The minimum absolute atomic E-state index is 0.103. The number of Topliss-reactive ketones (excluding diaryl/α,β-unsaturated/α-hetero) is 1. The molecule has 0 amide bonds. The molecule has 1 aliphatic rings. The van der Waals surface area contributed by atoms with Crippen LogP contribution in [-0.2, 0) is 4.74 Å². The molecule has 2 unspecified atom stereocenters. The predicted molar refractivity (Wildman–Crippen MR) is 117 cm³/mol. The first-order valence-electron chi connectivity index (χ1n) is 10.5.